The molecule has 5 nitrogen and oxygen atoms in total. The number of ether oxygens (including phenoxy) is 1. The Kier molecular flexibility index (Phi) is 3.61. The molecule has 1 aliphatic rings. The Morgan fingerprint density at radius 3 is 2.90 bits per heavy atom. The molecule has 1 fully saturated rings. The van der Waals surface area contributed by atoms with Crippen molar-refractivity contribution in [2.45, 2.75) is 39.3 Å². The summed E-state index contributed by atoms with van der Waals surface area (Å²) in [7, 11) is 0. The van der Waals surface area contributed by atoms with E-state index in [-0.39, 0.29) is 0 Å². The van der Waals surface area contributed by atoms with Gasteiger partial charge in [-0.15, -0.1) is 0 Å². The SMILES string of the molecule is CC(Nc1cnc2c(cnn2C(C)C)c1)C1CCOC1. The number of anilines is 1. The summed E-state index contributed by atoms with van der Waals surface area (Å²) < 4.78 is 7.40. The van der Waals surface area contributed by atoms with E-state index in [0.717, 1.165) is 36.4 Å². The molecule has 1 aliphatic heterocycles. The van der Waals surface area contributed by atoms with E-state index in [4.69, 9.17) is 4.74 Å². The van der Waals surface area contributed by atoms with Gasteiger partial charge < -0.3 is 10.1 Å². The van der Waals surface area contributed by atoms with Gasteiger partial charge in [0.15, 0.2) is 5.65 Å². The second-order valence-electron chi connectivity index (χ2n) is 5.88. The molecular formula is C15H22N4O. The molecule has 2 unspecified atom stereocenters. The van der Waals surface area contributed by atoms with Gasteiger partial charge in [0.05, 0.1) is 24.7 Å². The van der Waals surface area contributed by atoms with Crippen molar-refractivity contribution in [2.75, 3.05) is 18.5 Å². The number of hydrogen-bond acceptors (Lipinski definition) is 4. The first-order valence-electron chi connectivity index (χ1n) is 7.32. The maximum atomic E-state index is 5.45. The highest BCUT2D eigenvalue weighted by Crippen LogP contribution is 2.23. The van der Waals surface area contributed by atoms with Crippen molar-refractivity contribution in [1.82, 2.24) is 14.8 Å². The smallest absolute Gasteiger partial charge is 0.158 e. The minimum Gasteiger partial charge on any atom is -0.381 e. The molecule has 2 aromatic rings. The van der Waals surface area contributed by atoms with Crippen LogP contribution in [0.4, 0.5) is 5.69 Å². The monoisotopic (exact) mass is 274 g/mol. The van der Waals surface area contributed by atoms with Gasteiger partial charge in [-0.25, -0.2) is 9.67 Å². The molecule has 3 heterocycles. The zero-order valence-electron chi connectivity index (χ0n) is 12.3. The summed E-state index contributed by atoms with van der Waals surface area (Å²) in [6.07, 6.45) is 4.92. The molecule has 0 saturated carbocycles. The maximum Gasteiger partial charge on any atom is 0.158 e. The lowest BCUT2D eigenvalue weighted by molar-refractivity contribution is 0.183. The molecule has 2 atom stereocenters. The van der Waals surface area contributed by atoms with E-state index in [9.17, 15) is 0 Å². The van der Waals surface area contributed by atoms with Crippen LogP contribution in [0.2, 0.25) is 0 Å². The summed E-state index contributed by atoms with van der Waals surface area (Å²) in [5.41, 5.74) is 2.00. The van der Waals surface area contributed by atoms with Crippen LogP contribution in [0.15, 0.2) is 18.5 Å². The summed E-state index contributed by atoms with van der Waals surface area (Å²) in [5, 5.41) is 9.02. The van der Waals surface area contributed by atoms with E-state index in [0.29, 0.717) is 18.0 Å². The summed E-state index contributed by atoms with van der Waals surface area (Å²) in [4.78, 5) is 4.55. The van der Waals surface area contributed by atoms with Crippen molar-refractivity contribution in [2.24, 2.45) is 5.92 Å². The number of pyridine rings is 1. The van der Waals surface area contributed by atoms with Gasteiger partial charge >= 0.3 is 0 Å². The molecule has 20 heavy (non-hydrogen) atoms. The maximum absolute atomic E-state index is 5.45. The molecule has 2 aromatic heterocycles. The van der Waals surface area contributed by atoms with E-state index >= 15 is 0 Å². The lowest BCUT2D eigenvalue weighted by Gasteiger charge is -2.20. The topological polar surface area (TPSA) is 52.0 Å². The Labute approximate surface area is 119 Å². The number of aromatic nitrogens is 3. The van der Waals surface area contributed by atoms with Crippen molar-refractivity contribution in [3.8, 4) is 0 Å². The quantitative estimate of drug-likeness (QED) is 0.931. The van der Waals surface area contributed by atoms with Crippen LogP contribution in [-0.2, 0) is 4.74 Å². The molecular weight excluding hydrogens is 252 g/mol. The molecule has 0 aliphatic carbocycles. The average molecular weight is 274 g/mol. The van der Waals surface area contributed by atoms with Crippen molar-refractivity contribution in [3.05, 3.63) is 18.5 Å². The summed E-state index contributed by atoms with van der Waals surface area (Å²) in [5.74, 6) is 0.587. The molecule has 0 bridgehead atoms. The highest BCUT2D eigenvalue weighted by atomic mass is 16.5. The average Bonchev–Trinajstić information content (AvgIpc) is 3.07. The zero-order valence-corrected chi connectivity index (χ0v) is 12.3. The highest BCUT2D eigenvalue weighted by molar-refractivity contribution is 5.78. The number of hydrogen-bond donors (Lipinski definition) is 1. The highest BCUT2D eigenvalue weighted by Gasteiger charge is 2.22. The van der Waals surface area contributed by atoms with Crippen LogP contribution >= 0.6 is 0 Å². The fourth-order valence-corrected chi connectivity index (χ4v) is 2.72. The predicted octanol–water partition coefficient (Wildman–Crippen LogP) is 2.85. The van der Waals surface area contributed by atoms with E-state index in [1.807, 2.05) is 17.1 Å². The number of fused-ring (bicyclic) bond motifs is 1. The van der Waals surface area contributed by atoms with Crippen LogP contribution in [0.25, 0.3) is 11.0 Å². The van der Waals surface area contributed by atoms with Crippen LogP contribution in [0, 0.1) is 5.92 Å². The normalized spacial score (nSPS) is 20.7. The van der Waals surface area contributed by atoms with Crippen LogP contribution in [0.5, 0.6) is 0 Å². The van der Waals surface area contributed by atoms with Crippen molar-refractivity contribution in [1.29, 1.82) is 0 Å². The lowest BCUT2D eigenvalue weighted by Crippen LogP contribution is -2.26. The van der Waals surface area contributed by atoms with Gasteiger partial charge in [-0.05, 0) is 33.3 Å². The van der Waals surface area contributed by atoms with Crippen LogP contribution in [0.1, 0.15) is 33.2 Å². The fourth-order valence-electron chi connectivity index (χ4n) is 2.72. The van der Waals surface area contributed by atoms with Gasteiger partial charge in [0.25, 0.3) is 0 Å². The third-order valence-electron chi connectivity index (χ3n) is 3.99. The van der Waals surface area contributed by atoms with Crippen LogP contribution in [-0.4, -0.2) is 34.0 Å². The molecule has 0 spiro atoms. The van der Waals surface area contributed by atoms with Gasteiger partial charge in [0.2, 0.25) is 0 Å². The minimum absolute atomic E-state index is 0.327. The molecule has 108 valence electrons. The van der Waals surface area contributed by atoms with Gasteiger partial charge in [0, 0.05) is 30.0 Å². The van der Waals surface area contributed by atoms with E-state index in [2.05, 4.69) is 42.2 Å². The summed E-state index contributed by atoms with van der Waals surface area (Å²) >= 11 is 0. The van der Waals surface area contributed by atoms with Gasteiger partial charge in [-0.3, -0.25) is 0 Å². The largest absolute Gasteiger partial charge is 0.381 e. The first kappa shape index (κ1) is 13.4. The van der Waals surface area contributed by atoms with Gasteiger partial charge in [-0.1, -0.05) is 0 Å². The summed E-state index contributed by atoms with van der Waals surface area (Å²) in [6, 6.07) is 2.85. The second kappa shape index (κ2) is 5.40. The third kappa shape index (κ3) is 2.50. The molecule has 0 radical (unpaired) electrons. The van der Waals surface area contributed by atoms with Crippen molar-refractivity contribution >= 4 is 16.7 Å². The first-order valence-corrected chi connectivity index (χ1v) is 7.32. The second-order valence-corrected chi connectivity index (χ2v) is 5.88. The van der Waals surface area contributed by atoms with Crippen molar-refractivity contribution < 1.29 is 4.74 Å². The Morgan fingerprint density at radius 1 is 1.35 bits per heavy atom. The van der Waals surface area contributed by atoms with Gasteiger partial charge in [0.1, 0.15) is 0 Å². The molecule has 5 heteroatoms. The third-order valence-corrected chi connectivity index (χ3v) is 3.99. The Bertz CT molecular complexity index is 587. The lowest BCUT2D eigenvalue weighted by atomic mass is 10.0. The Morgan fingerprint density at radius 2 is 2.20 bits per heavy atom. The van der Waals surface area contributed by atoms with E-state index in [1.54, 1.807) is 0 Å². The standard InChI is InChI=1S/C15H22N4O/c1-10(2)19-15-13(7-17-19)6-14(8-16-15)18-11(3)12-4-5-20-9-12/h6-8,10-12,18H,4-5,9H2,1-3H3. The zero-order chi connectivity index (χ0) is 14.1. The van der Waals surface area contributed by atoms with Gasteiger partial charge in [-0.2, -0.15) is 5.10 Å². The fraction of sp³-hybridized carbons (Fsp3) is 0.600. The minimum atomic E-state index is 0.327. The molecule has 1 saturated heterocycles. The number of rotatable bonds is 4. The number of nitrogens with zero attached hydrogens (tertiary/aromatic N) is 3. The first-order chi connectivity index (χ1) is 9.65. The Balaban J connectivity index is 1.79. The molecule has 0 aromatic carbocycles. The molecule has 1 N–H and O–H groups in total. The van der Waals surface area contributed by atoms with Crippen LogP contribution < -0.4 is 5.32 Å². The van der Waals surface area contributed by atoms with Crippen LogP contribution in [0.3, 0.4) is 0 Å². The summed E-state index contributed by atoms with van der Waals surface area (Å²) in [6.45, 7) is 8.18. The van der Waals surface area contributed by atoms with E-state index < -0.39 is 0 Å². The Hall–Kier alpha value is -1.62. The van der Waals surface area contributed by atoms with Crippen molar-refractivity contribution in [3.63, 3.8) is 0 Å². The number of nitrogens with one attached hydrogen (secondary N) is 1. The van der Waals surface area contributed by atoms with E-state index in [1.165, 1.54) is 0 Å². The molecule has 3 rings (SSSR count). The predicted molar refractivity (Wildman–Crippen MR) is 79.9 cm³/mol. The molecule has 0 amide bonds.